The Bertz CT molecular complexity index is 283. The first-order chi connectivity index (χ1) is 7.80. The van der Waals surface area contributed by atoms with Gasteiger partial charge in [-0.25, -0.2) is 8.78 Å². The van der Waals surface area contributed by atoms with Gasteiger partial charge >= 0.3 is 12.3 Å². The third kappa shape index (κ3) is 2.90. The molecule has 0 spiro atoms. The van der Waals surface area contributed by atoms with Crippen LogP contribution in [0.3, 0.4) is 0 Å². The molecule has 0 aromatic heterocycles. The van der Waals surface area contributed by atoms with Crippen molar-refractivity contribution in [3.05, 3.63) is 0 Å². The molecule has 0 aromatic rings. The lowest BCUT2D eigenvalue weighted by molar-refractivity contribution is -0.170. The molecule has 1 amide bonds. The van der Waals surface area contributed by atoms with Gasteiger partial charge in [0.2, 0.25) is 0 Å². The van der Waals surface area contributed by atoms with Crippen LogP contribution in [0.5, 0.6) is 0 Å². The zero-order valence-corrected chi connectivity index (χ0v) is 9.85. The molecule has 1 N–H and O–H groups in total. The fraction of sp³-hybridized carbons (Fsp3) is 0.909. The molecule has 0 bridgehead atoms. The lowest BCUT2D eigenvalue weighted by atomic mass is 9.93. The van der Waals surface area contributed by atoms with Crippen LogP contribution in [-0.4, -0.2) is 24.3 Å². The van der Waals surface area contributed by atoms with E-state index in [9.17, 15) is 22.4 Å². The van der Waals surface area contributed by atoms with Crippen molar-refractivity contribution in [3.63, 3.8) is 0 Å². The van der Waals surface area contributed by atoms with E-state index in [4.69, 9.17) is 0 Å². The topological polar surface area (TPSA) is 29.1 Å². The third-order valence-electron chi connectivity index (χ3n) is 3.64. The molecule has 1 saturated carbocycles. The van der Waals surface area contributed by atoms with E-state index < -0.39 is 24.3 Å². The van der Waals surface area contributed by atoms with Crippen LogP contribution in [-0.2, 0) is 4.79 Å². The average Bonchev–Trinajstić information content (AvgIpc) is 2.59. The molecule has 1 aliphatic carbocycles. The summed E-state index contributed by atoms with van der Waals surface area (Å²) >= 11 is 0. The van der Waals surface area contributed by atoms with Gasteiger partial charge in [-0.3, -0.25) is 4.79 Å². The molecule has 17 heavy (non-hydrogen) atoms. The number of amides is 1. The zero-order valence-electron chi connectivity index (χ0n) is 9.85. The lowest BCUT2D eigenvalue weighted by Crippen LogP contribution is -2.49. The molecule has 0 radical (unpaired) electrons. The maximum absolute atomic E-state index is 12.7. The molecule has 1 fully saturated rings. The van der Waals surface area contributed by atoms with Crippen molar-refractivity contribution in [3.8, 4) is 0 Å². The highest BCUT2D eigenvalue weighted by molar-refractivity contribution is 5.84. The first-order valence-corrected chi connectivity index (χ1v) is 5.77. The Kier molecular flexibility index (Phi) is 4.38. The SMILES string of the molecule is CCC1CCC(NC(=O)C(F)(F)C(F)F)C1C. The van der Waals surface area contributed by atoms with Gasteiger partial charge < -0.3 is 5.32 Å². The minimum Gasteiger partial charge on any atom is -0.348 e. The van der Waals surface area contributed by atoms with Gasteiger partial charge in [0.25, 0.3) is 5.91 Å². The number of carbonyl (C=O) groups excluding carboxylic acids is 1. The van der Waals surface area contributed by atoms with Crippen LogP contribution in [0.4, 0.5) is 17.6 Å². The van der Waals surface area contributed by atoms with Crippen molar-refractivity contribution in [2.75, 3.05) is 0 Å². The van der Waals surface area contributed by atoms with Crippen molar-refractivity contribution in [1.82, 2.24) is 5.32 Å². The molecule has 6 heteroatoms. The Morgan fingerprint density at radius 3 is 2.41 bits per heavy atom. The summed E-state index contributed by atoms with van der Waals surface area (Å²) in [4.78, 5) is 11.1. The van der Waals surface area contributed by atoms with Gasteiger partial charge in [0.05, 0.1) is 0 Å². The standard InChI is InChI=1S/C11H17F4NO/c1-3-7-4-5-8(6(7)2)16-10(17)11(14,15)9(12)13/h6-9H,3-5H2,1-2H3,(H,16,17). The molecule has 3 unspecified atom stereocenters. The van der Waals surface area contributed by atoms with E-state index in [-0.39, 0.29) is 5.92 Å². The second-order valence-electron chi connectivity index (χ2n) is 4.61. The van der Waals surface area contributed by atoms with Crippen LogP contribution < -0.4 is 5.32 Å². The second kappa shape index (κ2) is 5.23. The smallest absolute Gasteiger partial charge is 0.348 e. The summed E-state index contributed by atoms with van der Waals surface area (Å²) < 4.78 is 49.4. The quantitative estimate of drug-likeness (QED) is 0.769. The minimum atomic E-state index is -4.59. The molecule has 100 valence electrons. The number of halogens is 4. The van der Waals surface area contributed by atoms with E-state index in [1.165, 1.54) is 0 Å². The maximum Gasteiger partial charge on any atom is 0.383 e. The molecule has 0 heterocycles. The molecule has 0 saturated heterocycles. The number of alkyl halides is 4. The minimum absolute atomic E-state index is 0.0532. The molecule has 1 aliphatic rings. The predicted molar refractivity (Wildman–Crippen MR) is 55.1 cm³/mol. The van der Waals surface area contributed by atoms with Crippen LogP contribution in [0.2, 0.25) is 0 Å². The molecule has 3 atom stereocenters. The molecule has 0 aromatic carbocycles. The van der Waals surface area contributed by atoms with Crippen molar-refractivity contribution < 1.29 is 22.4 Å². The molecule has 0 aliphatic heterocycles. The van der Waals surface area contributed by atoms with E-state index in [1.807, 2.05) is 19.2 Å². The fourth-order valence-electron chi connectivity index (χ4n) is 2.39. The summed E-state index contributed by atoms with van der Waals surface area (Å²) in [6.07, 6.45) is -1.65. The van der Waals surface area contributed by atoms with Gasteiger partial charge in [-0.1, -0.05) is 20.3 Å². The first kappa shape index (κ1) is 14.3. The maximum atomic E-state index is 12.7. The van der Waals surface area contributed by atoms with Crippen LogP contribution in [0.1, 0.15) is 33.1 Å². The number of rotatable bonds is 4. The second-order valence-corrected chi connectivity index (χ2v) is 4.61. The highest BCUT2D eigenvalue weighted by Gasteiger charge is 2.50. The van der Waals surface area contributed by atoms with Crippen molar-refractivity contribution in [1.29, 1.82) is 0 Å². The Morgan fingerprint density at radius 2 is 2.00 bits per heavy atom. The number of nitrogens with one attached hydrogen (secondary N) is 1. The summed E-state index contributed by atoms with van der Waals surface area (Å²) in [6, 6.07) is -0.419. The monoisotopic (exact) mass is 255 g/mol. The number of hydrogen-bond donors (Lipinski definition) is 1. The van der Waals surface area contributed by atoms with Gasteiger partial charge in [0.15, 0.2) is 0 Å². The Morgan fingerprint density at radius 1 is 1.41 bits per heavy atom. The van der Waals surface area contributed by atoms with Crippen molar-refractivity contribution >= 4 is 5.91 Å². The van der Waals surface area contributed by atoms with Crippen LogP contribution >= 0.6 is 0 Å². The Hall–Kier alpha value is -0.810. The summed E-state index contributed by atoms with van der Waals surface area (Å²) in [5.41, 5.74) is 0. The lowest BCUT2D eigenvalue weighted by Gasteiger charge is -2.23. The van der Waals surface area contributed by atoms with E-state index >= 15 is 0 Å². The molecule has 2 nitrogen and oxygen atoms in total. The predicted octanol–water partition coefficient (Wildman–Crippen LogP) is 2.83. The highest BCUT2D eigenvalue weighted by atomic mass is 19.3. The van der Waals surface area contributed by atoms with Gasteiger partial charge in [-0.15, -0.1) is 0 Å². The summed E-state index contributed by atoms with van der Waals surface area (Å²) in [5, 5.41) is 2.05. The Balaban J connectivity index is 2.59. The molecular weight excluding hydrogens is 238 g/mol. The largest absolute Gasteiger partial charge is 0.383 e. The summed E-state index contributed by atoms with van der Waals surface area (Å²) in [7, 11) is 0. The molecule has 1 rings (SSSR count). The van der Waals surface area contributed by atoms with E-state index in [0.29, 0.717) is 12.3 Å². The third-order valence-corrected chi connectivity index (χ3v) is 3.64. The van der Waals surface area contributed by atoms with Crippen molar-refractivity contribution in [2.45, 2.75) is 51.5 Å². The van der Waals surface area contributed by atoms with Gasteiger partial charge in [-0.2, -0.15) is 8.78 Å². The number of carbonyl (C=O) groups is 1. The zero-order chi connectivity index (χ0) is 13.2. The highest BCUT2D eigenvalue weighted by Crippen LogP contribution is 2.34. The van der Waals surface area contributed by atoms with Crippen LogP contribution in [0.25, 0.3) is 0 Å². The number of hydrogen-bond acceptors (Lipinski definition) is 1. The van der Waals surface area contributed by atoms with E-state index in [2.05, 4.69) is 0 Å². The van der Waals surface area contributed by atoms with Crippen LogP contribution in [0, 0.1) is 11.8 Å². The molecular formula is C11H17F4NO. The fourth-order valence-corrected chi connectivity index (χ4v) is 2.39. The summed E-state index contributed by atoms with van der Waals surface area (Å²) in [5.74, 6) is -6.04. The summed E-state index contributed by atoms with van der Waals surface area (Å²) in [6.45, 7) is 3.84. The van der Waals surface area contributed by atoms with Crippen molar-refractivity contribution in [2.24, 2.45) is 11.8 Å². The normalized spacial score (nSPS) is 29.7. The van der Waals surface area contributed by atoms with Gasteiger partial charge in [-0.05, 0) is 24.7 Å². The Labute approximate surface area is 97.8 Å². The van der Waals surface area contributed by atoms with Gasteiger partial charge in [0, 0.05) is 6.04 Å². The van der Waals surface area contributed by atoms with E-state index in [1.54, 1.807) is 0 Å². The van der Waals surface area contributed by atoms with Crippen LogP contribution in [0.15, 0.2) is 0 Å². The van der Waals surface area contributed by atoms with Gasteiger partial charge in [0.1, 0.15) is 0 Å². The first-order valence-electron chi connectivity index (χ1n) is 5.77. The average molecular weight is 255 g/mol. The van der Waals surface area contributed by atoms with E-state index in [0.717, 1.165) is 12.8 Å².